The lowest BCUT2D eigenvalue weighted by Crippen LogP contribution is -2.28. The Hall–Kier alpha value is -1.56. The van der Waals surface area contributed by atoms with E-state index in [1.54, 1.807) is 6.07 Å². The van der Waals surface area contributed by atoms with Gasteiger partial charge in [0.05, 0.1) is 5.56 Å². The molecule has 1 aliphatic heterocycles. The monoisotopic (exact) mass is 301 g/mol. The first-order chi connectivity index (χ1) is 9.96. The van der Waals surface area contributed by atoms with E-state index in [0.29, 0.717) is 12.3 Å². The fraction of sp³-hybridized carbons (Fsp3) is 0.533. The number of hydrogen-bond acceptors (Lipinski definition) is 3. The molecule has 0 aromatic heterocycles. The zero-order valence-corrected chi connectivity index (χ0v) is 11.6. The molecule has 1 heterocycles. The number of alkyl halides is 3. The molecule has 1 aromatic rings. The average Bonchev–Trinajstić information content (AvgIpc) is 2.45. The minimum Gasteiger partial charge on any atom is -0.405 e. The van der Waals surface area contributed by atoms with E-state index in [4.69, 9.17) is 0 Å². The van der Waals surface area contributed by atoms with Crippen molar-refractivity contribution in [3.8, 4) is 5.75 Å². The second-order valence-electron chi connectivity index (χ2n) is 5.20. The number of ether oxygens (including phenoxy) is 1. The molecule has 1 aromatic carbocycles. The topological polar surface area (TPSA) is 38.3 Å². The molecule has 1 saturated heterocycles. The van der Waals surface area contributed by atoms with Crippen LogP contribution in [-0.2, 0) is 0 Å². The second kappa shape index (κ2) is 6.93. The first-order valence-electron chi connectivity index (χ1n) is 7.04. The minimum atomic E-state index is -4.79. The number of nitrogens with one attached hydrogen (secondary N) is 1. The van der Waals surface area contributed by atoms with Gasteiger partial charge in [-0.15, -0.1) is 13.2 Å². The van der Waals surface area contributed by atoms with E-state index < -0.39 is 12.1 Å². The van der Waals surface area contributed by atoms with Gasteiger partial charge in [0.15, 0.2) is 5.78 Å². The standard InChI is InChI=1S/C15H18F3NO2/c16-15(17,18)21-14-4-2-1-3-12(14)13(20)6-5-11-7-9-19-10-8-11/h1-4,11,19H,5-10H2. The summed E-state index contributed by atoms with van der Waals surface area (Å²) in [7, 11) is 0. The summed E-state index contributed by atoms with van der Waals surface area (Å²) < 4.78 is 40.9. The van der Waals surface area contributed by atoms with E-state index >= 15 is 0 Å². The molecule has 3 nitrogen and oxygen atoms in total. The molecule has 0 radical (unpaired) electrons. The van der Waals surface area contributed by atoms with Crippen molar-refractivity contribution in [2.75, 3.05) is 13.1 Å². The maximum atomic E-state index is 12.3. The van der Waals surface area contributed by atoms with Crippen molar-refractivity contribution in [3.05, 3.63) is 29.8 Å². The van der Waals surface area contributed by atoms with Crippen LogP contribution in [-0.4, -0.2) is 25.2 Å². The number of rotatable bonds is 5. The van der Waals surface area contributed by atoms with E-state index in [1.165, 1.54) is 18.2 Å². The summed E-state index contributed by atoms with van der Waals surface area (Å²) in [6, 6.07) is 5.52. The Balaban J connectivity index is 1.98. The highest BCUT2D eigenvalue weighted by Crippen LogP contribution is 2.28. The first kappa shape index (κ1) is 15.8. The highest BCUT2D eigenvalue weighted by atomic mass is 19.4. The average molecular weight is 301 g/mol. The molecule has 0 unspecified atom stereocenters. The Bertz CT molecular complexity index is 482. The molecule has 0 amide bonds. The Morgan fingerprint density at radius 1 is 1.24 bits per heavy atom. The molecular formula is C15H18F3NO2. The summed E-state index contributed by atoms with van der Waals surface area (Å²) in [6.45, 7) is 1.87. The summed E-state index contributed by atoms with van der Waals surface area (Å²) in [4.78, 5) is 12.1. The molecule has 2 rings (SSSR count). The van der Waals surface area contributed by atoms with Gasteiger partial charge in [0.1, 0.15) is 5.75 Å². The zero-order valence-electron chi connectivity index (χ0n) is 11.6. The summed E-state index contributed by atoms with van der Waals surface area (Å²) in [5.74, 6) is -0.250. The van der Waals surface area contributed by atoms with Gasteiger partial charge in [0.25, 0.3) is 0 Å². The van der Waals surface area contributed by atoms with Gasteiger partial charge in [-0.05, 0) is 50.4 Å². The number of halogens is 3. The molecule has 21 heavy (non-hydrogen) atoms. The van der Waals surface area contributed by atoms with Gasteiger partial charge in [0.2, 0.25) is 0 Å². The van der Waals surface area contributed by atoms with Crippen LogP contribution < -0.4 is 10.1 Å². The smallest absolute Gasteiger partial charge is 0.405 e. The number of hydrogen-bond donors (Lipinski definition) is 1. The summed E-state index contributed by atoms with van der Waals surface area (Å²) in [6.07, 6.45) is -1.81. The predicted molar refractivity (Wildman–Crippen MR) is 72.3 cm³/mol. The number of para-hydroxylation sites is 1. The van der Waals surface area contributed by atoms with E-state index in [1.807, 2.05) is 0 Å². The van der Waals surface area contributed by atoms with Gasteiger partial charge in [-0.25, -0.2) is 0 Å². The van der Waals surface area contributed by atoms with Gasteiger partial charge in [-0.2, -0.15) is 0 Å². The van der Waals surface area contributed by atoms with Crippen LogP contribution in [0.2, 0.25) is 0 Å². The van der Waals surface area contributed by atoms with Gasteiger partial charge in [0, 0.05) is 6.42 Å². The third-order valence-electron chi connectivity index (χ3n) is 3.65. The van der Waals surface area contributed by atoms with Crippen molar-refractivity contribution in [2.24, 2.45) is 5.92 Å². The van der Waals surface area contributed by atoms with Crippen LogP contribution in [0.4, 0.5) is 13.2 Å². The molecule has 6 heteroatoms. The third kappa shape index (κ3) is 5.04. The first-order valence-corrected chi connectivity index (χ1v) is 7.04. The van der Waals surface area contributed by atoms with Crippen LogP contribution in [0.3, 0.4) is 0 Å². The quantitative estimate of drug-likeness (QED) is 0.845. The molecular weight excluding hydrogens is 283 g/mol. The lowest BCUT2D eigenvalue weighted by Gasteiger charge is -2.22. The van der Waals surface area contributed by atoms with E-state index in [2.05, 4.69) is 10.1 Å². The molecule has 0 bridgehead atoms. The number of benzene rings is 1. The van der Waals surface area contributed by atoms with Crippen LogP contribution in [0.5, 0.6) is 5.75 Å². The lowest BCUT2D eigenvalue weighted by molar-refractivity contribution is -0.274. The maximum Gasteiger partial charge on any atom is 0.573 e. The second-order valence-corrected chi connectivity index (χ2v) is 5.20. The normalized spacial score (nSPS) is 16.7. The lowest BCUT2D eigenvalue weighted by atomic mass is 9.91. The molecule has 1 aliphatic rings. The number of carbonyl (C=O) groups excluding carboxylic acids is 1. The summed E-state index contributed by atoms with van der Waals surface area (Å²) in [5, 5.41) is 3.24. The Morgan fingerprint density at radius 3 is 2.57 bits per heavy atom. The predicted octanol–water partition coefficient (Wildman–Crippen LogP) is 3.55. The van der Waals surface area contributed by atoms with E-state index in [0.717, 1.165) is 25.9 Å². The Kier molecular flexibility index (Phi) is 5.22. The number of Topliss-reactive ketones (excluding diaryl/α,β-unsaturated/α-hetero) is 1. The van der Waals surface area contributed by atoms with Crippen LogP contribution in [0, 0.1) is 5.92 Å². The molecule has 0 saturated carbocycles. The van der Waals surface area contributed by atoms with Crippen molar-refractivity contribution >= 4 is 5.78 Å². The van der Waals surface area contributed by atoms with Crippen molar-refractivity contribution in [1.82, 2.24) is 5.32 Å². The molecule has 0 atom stereocenters. The third-order valence-corrected chi connectivity index (χ3v) is 3.65. The molecule has 1 fully saturated rings. The van der Waals surface area contributed by atoms with Crippen LogP contribution in [0.15, 0.2) is 24.3 Å². The highest BCUT2D eigenvalue weighted by molar-refractivity contribution is 5.98. The van der Waals surface area contributed by atoms with Crippen LogP contribution in [0.25, 0.3) is 0 Å². The van der Waals surface area contributed by atoms with Gasteiger partial charge in [-0.1, -0.05) is 12.1 Å². The fourth-order valence-corrected chi connectivity index (χ4v) is 2.55. The fourth-order valence-electron chi connectivity index (χ4n) is 2.55. The number of piperidine rings is 1. The van der Waals surface area contributed by atoms with Crippen molar-refractivity contribution in [2.45, 2.75) is 32.0 Å². The Labute approximate surface area is 121 Å². The van der Waals surface area contributed by atoms with Crippen molar-refractivity contribution in [1.29, 1.82) is 0 Å². The van der Waals surface area contributed by atoms with Gasteiger partial charge in [-0.3, -0.25) is 4.79 Å². The molecule has 0 aliphatic carbocycles. The summed E-state index contributed by atoms with van der Waals surface area (Å²) in [5.41, 5.74) is 0.00348. The van der Waals surface area contributed by atoms with E-state index in [9.17, 15) is 18.0 Å². The number of carbonyl (C=O) groups is 1. The Morgan fingerprint density at radius 2 is 1.90 bits per heavy atom. The largest absolute Gasteiger partial charge is 0.573 e. The van der Waals surface area contributed by atoms with Crippen molar-refractivity contribution in [3.63, 3.8) is 0 Å². The van der Waals surface area contributed by atoms with Gasteiger partial charge < -0.3 is 10.1 Å². The molecule has 0 spiro atoms. The van der Waals surface area contributed by atoms with E-state index in [-0.39, 0.29) is 17.8 Å². The molecule has 1 N–H and O–H groups in total. The maximum absolute atomic E-state index is 12.3. The van der Waals surface area contributed by atoms with Crippen molar-refractivity contribution < 1.29 is 22.7 Å². The van der Waals surface area contributed by atoms with Crippen LogP contribution >= 0.6 is 0 Å². The summed E-state index contributed by atoms with van der Waals surface area (Å²) >= 11 is 0. The SMILES string of the molecule is O=C(CCC1CCNCC1)c1ccccc1OC(F)(F)F. The van der Waals surface area contributed by atoms with Crippen LogP contribution in [0.1, 0.15) is 36.0 Å². The molecule has 116 valence electrons. The zero-order chi connectivity index (χ0) is 15.3. The highest BCUT2D eigenvalue weighted by Gasteiger charge is 2.32. The minimum absolute atomic E-state index is 0.00348. The number of ketones is 1. The van der Waals surface area contributed by atoms with Gasteiger partial charge >= 0.3 is 6.36 Å².